The second kappa shape index (κ2) is 8.29. The van der Waals surface area contributed by atoms with Gasteiger partial charge in [0, 0.05) is 34.8 Å². The van der Waals surface area contributed by atoms with E-state index in [-0.39, 0.29) is 11.9 Å². The van der Waals surface area contributed by atoms with Crippen LogP contribution in [0.4, 0.5) is 5.69 Å². The Balaban J connectivity index is 1.89. The van der Waals surface area contributed by atoms with Crippen LogP contribution in [-0.4, -0.2) is 47.3 Å². The molecule has 1 aliphatic rings. The molecule has 0 aliphatic carbocycles. The van der Waals surface area contributed by atoms with Crippen molar-refractivity contribution in [3.8, 4) is 16.9 Å². The predicted molar refractivity (Wildman–Crippen MR) is 135 cm³/mol. The summed E-state index contributed by atoms with van der Waals surface area (Å²) in [5.74, 6) is 4.20. The number of anilines is 1. The minimum Gasteiger partial charge on any atom is -0.497 e. The van der Waals surface area contributed by atoms with Gasteiger partial charge in [-0.1, -0.05) is 48.5 Å². The average Bonchev–Trinajstić information content (AvgIpc) is 3.03. The topological polar surface area (TPSA) is 97.0 Å². The number of nitrogens with two attached hydrogens (primary N) is 1. The van der Waals surface area contributed by atoms with E-state index in [1.54, 1.807) is 20.2 Å². The van der Waals surface area contributed by atoms with E-state index in [1.165, 1.54) is 11.2 Å². The van der Waals surface area contributed by atoms with E-state index in [1.807, 2.05) is 66.7 Å². The van der Waals surface area contributed by atoms with Crippen molar-refractivity contribution in [1.82, 2.24) is 4.90 Å². The molecule has 1 heterocycles. The summed E-state index contributed by atoms with van der Waals surface area (Å²) in [5, 5.41) is 0. The largest absolute Gasteiger partial charge is 0.497 e. The molecule has 3 aromatic carbocycles. The lowest BCUT2D eigenvalue weighted by Crippen LogP contribution is -2.41. The molecule has 0 aromatic heterocycles. The Morgan fingerprint density at radius 3 is 2.33 bits per heavy atom. The summed E-state index contributed by atoms with van der Waals surface area (Å²) in [7, 11) is 0.718. The molecule has 3 aromatic rings. The number of hydrogen-bond acceptors (Lipinski definition) is 5. The van der Waals surface area contributed by atoms with Crippen molar-refractivity contribution >= 4 is 33.1 Å². The zero-order valence-corrected chi connectivity index (χ0v) is 19.6. The molecule has 0 bridgehead atoms. The minimum absolute atomic E-state index is 0.162. The number of methoxy groups -OCH3 is 1. The van der Waals surface area contributed by atoms with Gasteiger partial charge in [-0.05, 0) is 46.3 Å². The molecule has 0 radical (unpaired) electrons. The van der Waals surface area contributed by atoms with Crippen molar-refractivity contribution in [2.75, 3.05) is 25.1 Å². The van der Waals surface area contributed by atoms with E-state index in [0.717, 1.165) is 16.7 Å². The van der Waals surface area contributed by atoms with Crippen LogP contribution in [-0.2, 0) is 20.0 Å². The summed E-state index contributed by atoms with van der Waals surface area (Å²) in [6, 6.07) is 22.5. The van der Waals surface area contributed by atoms with Crippen molar-refractivity contribution in [1.29, 1.82) is 0 Å². The van der Waals surface area contributed by atoms with Gasteiger partial charge < -0.3 is 15.2 Å². The molecule has 7 nitrogen and oxygen atoms in total. The zero-order valence-electron chi connectivity index (χ0n) is 18.7. The Bertz CT molecular complexity index is 1350. The Hall–Kier alpha value is -3.78. The Morgan fingerprint density at radius 1 is 1.03 bits per heavy atom. The lowest BCUT2D eigenvalue weighted by Gasteiger charge is -2.26. The maximum Gasteiger partial charge on any atom is 0.266 e. The van der Waals surface area contributed by atoms with Gasteiger partial charge in [-0.25, -0.2) is 9.20 Å². The fourth-order valence-corrected chi connectivity index (χ4v) is 4.60. The lowest BCUT2D eigenvalue weighted by atomic mass is 9.81. The summed E-state index contributed by atoms with van der Waals surface area (Å²) in [4.78, 5) is 19.5. The number of benzene rings is 3. The van der Waals surface area contributed by atoms with E-state index in [4.69, 9.17) is 10.5 Å². The molecule has 0 spiro atoms. The lowest BCUT2D eigenvalue weighted by molar-refractivity contribution is -0.129. The number of guanidine groups is 1. The predicted octanol–water partition coefficient (Wildman–Crippen LogP) is 3.07. The number of nitrogens with zero attached hydrogens (tertiary/aromatic N) is 2. The number of carbonyl (C=O) groups excluding carboxylic acids is 1. The van der Waals surface area contributed by atoms with E-state index < -0.39 is 15.2 Å². The minimum atomic E-state index is -2.48. The summed E-state index contributed by atoms with van der Waals surface area (Å²) < 4.78 is 20.6. The van der Waals surface area contributed by atoms with Crippen LogP contribution in [0, 0.1) is 0 Å². The molecule has 0 saturated heterocycles. The molecule has 33 heavy (non-hydrogen) atoms. The zero-order chi connectivity index (χ0) is 23.8. The number of likely N-dealkylation sites (N-methyl/N-ethyl adjacent to an activating group) is 1. The van der Waals surface area contributed by atoms with Crippen LogP contribution >= 0.6 is 0 Å². The van der Waals surface area contributed by atoms with Crippen LogP contribution < -0.4 is 15.2 Å². The first-order valence-electron chi connectivity index (χ1n) is 10.2. The van der Waals surface area contributed by atoms with Crippen LogP contribution in [0.3, 0.4) is 0 Å². The maximum atomic E-state index is 13.5. The molecule has 170 valence electrons. The normalized spacial score (nSPS) is 19.7. The SMILES string of the molecule is C=S(C)(=O)Nc1cc(OC)cc(-c2cccc(C3(c4ccccc4)N=C(N)N(C)C3=O)c2)c1. The highest BCUT2D eigenvalue weighted by molar-refractivity contribution is 8.00. The quantitative estimate of drug-likeness (QED) is 0.550. The van der Waals surface area contributed by atoms with Gasteiger partial charge in [-0.3, -0.25) is 9.69 Å². The molecule has 8 heteroatoms. The fraction of sp³-hybridized carbons (Fsp3) is 0.160. The smallest absolute Gasteiger partial charge is 0.266 e. The molecule has 0 saturated carbocycles. The molecule has 3 N–H and O–H groups in total. The van der Waals surface area contributed by atoms with Crippen molar-refractivity contribution in [2.24, 2.45) is 10.7 Å². The van der Waals surface area contributed by atoms with E-state index in [9.17, 15) is 9.00 Å². The van der Waals surface area contributed by atoms with Crippen LogP contribution in [0.1, 0.15) is 11.1 Å². The fourth-order valence-electron chi connectivity index (χ4n) is 3.98. The van der Waals surface area contributed by atoms with Crippen molar-refractivity contribution in [2.45, 2.75) is 5.54 Å². The summed E-state index contributed by atoms with van der Waals surface area (Å²) >= 11 is 0. The standard InChI is InChI=1S/C25H26N4O3S/c1-29-23(30)25(27-24(29)26,19-10-6-5-7-11-19)20-12-8-9-17(13-20)18-14-21(28-33(3,4)31)16-22(15-18)32-2/h5-16H,3H2,1-2,4H3,(H2,26,27)(H,28,31). The van der Waals surface area contributed by atoms with Crippen molar-refractivity contribution < 1.29 is 13.7 Å². The molecule has 1 amide bonds. The van der Waals surface area contributed by atoms with Crippen LogP contribution in [0.25, 0.3) is 11.1 Å². The molecular weight excluding hydrogens is 436 g/mol. The van der Waals surface area contributed by atoms with Gasteiger partial charge in [0.25, 0.3) is 5.91 Å². The van der Waals surface area contributed by atoms with E-state index in [2.05, 4.69) is 15.6 Å². The first-order valence-corrected chi connectivity index (χ1v) is 12.4. The van der Waals surface area contributed by atoms with Crippen molar-refractivity contribution in [3.05, 3.63) is 83.9 Å². The van der Waals surface area contributed by atoms with Gasteiger partial charge >= 0.3 is 0 Å². The number of aliphatic imine (C=N–C) groups is 1. The summed E-state index contributed by atoms with van der Waals surface area (Å²) in [5.41, 5.74) is 8.51. The van der Waals surface area contributed by atoms with Crippen LogP contribution in [0.2, 0.25) is 0 Å². The van der Waals surface area contributed by atoms with Gasteiger partial charge in [0.2, 0.25) is 0 Å². The molecule has 2 unspecified atom stereocenters. The number of rotatable bonds is 6. The third kappa shape index (κ3) is 4.17. The average molecular weight is 463 g/mol. The Morgan fingerprint density at radius 2 is 1.73 bits per heavy atom. The molecule has 2 atom stereocenters. The first kappa shape index (κ1) is 22.4. The molecule has 4 rings (SSSR count). The van der Waals surface area contributed by atoms with Crippen molar-refractivity contribution in [3.63, 3.8) is 0 Å². The molecular formula is C25H26N4O3S. The van der Waals surface area contributed by atoms with Gasteiger partial charge in [0.05, 0.1) is 7.11 Å². The van der Waals surface area contributed by atoms with Gasteiger partial charge in [-0.15, -0.1) is 0 Å². The number of ether oxygens (including phenoxy) is 1. The maximum absolute atomic E-state index is 13.5. The van der Waals surface area contributed by atoms with E-state index >= 15 is 0 Å². The second-order valence-electron chi connectivity index (χ2n) is 8.05. The third-order valence-corrected chi connectivity index (χ3v) is 6.19. The monoisotopic (exact) mass is 462 g/mol. The molecule has 1 aliphatic heterocycles. The summed E-state index contributed by atoms with van der Waals surface area (Å²) in [6.45, 7) is 0. The Labute approximate surface area is 194 Å². The number of hydrogen-bond donors (Lipinski definition) is 2. The highest BCUT2D eigenvalue weighted by atomic mass is 32.2. The number of nitrogens with one attached hydrogen (secondary N) is 1. The van der Waals surface area contributed by atoms with Gasteiger partial charge in [-0.2, -0.15) is 0 Å². The second-order valence-corrected chi connectivity index (χ2v) is 10.3. The van der Waals surface area contributed by atoms with Crippen LogP contribution in [0.15, 0.2) is 77.8 Å². The molecule has 0 fully saturated rings. The van der Waals surface area contributed by atoms with E-state index in [0.29, 0.717) is 17.0 Å². The number of amides is 1. The first-order chi connectivity index (χ1) is 15.6. The Kier molecular flexibility index (Phi) is 5.63. The van der Waals surface area contributed by atoms with Gasteiger partial charge in [0.15, 0.2) is 11.5 Å². The number of carbonyl (C=O) groups is 1. The van der Waals surface area contributed by atoms with Gasteiger partial charge in [0.1, 0.15) is 5.75 Å². The summed E-state index contributed by atoms with van der Waals surface area (Å²) in [6.07, 6.45) is 1.53. The van der Waals surface area contributed by atoms with Crippen LogP contribution in [0.5, 0.6) is 5.75 Å². The third-order valence-electron chi connectivity index (χ3n) is 5.52. The highest BCUT2D eigenvalue weighted by Gasteiger charge is 2.49. The highest BCUT2D eigenvalue weighted by Crippen LogP contribution is 2.41.